The van der Waals surface area contributed by atoms with Crippen LogP contribution in [0.15, 0.2) is 36.0 Å². The lowest BCUT2D eigenvalue weighted by Crippen LogP contribution is -2.46. The van der Waals surface area contributed by atoms with E-state index >= 15 is 0 Å². The number of aliphatic carboxylic acids is 1. The third-order valence-electron chi connectivity index (χ3n) is 8.46. The van der Waals surface area contributed by atoms with E-state index in [1.807, 2.05) is 19.9 Å². The molecule has 3 heterocycles. The van der Waals surface area contributed by atoms with Gasteiger partial charge >= 0.3 is 29.4 Å². The molecule has 0 saturated carbocycles. The van der Waals surface area contributed by atoms with Gasteiger partial charge in [-0.25, -0.2) is 28.6 Å². The van der Waals surface area contributed by atoms with E-state index in [1.165, 1.54) is 19.9 Å². The molecule has 0 aliphatic carbocycles. The topological polar surface area (TPSA) is 401 Å². The number of hydrogen-bond acceptors (Lipinski definition) is 19. The molecule has 2 aromatic rings. The second kappa shape index (κ2) is 22.9. The number of aliphatic hydroxyl groups excluding tert-OH is 2. The molecule has 1 saturated heterocycles. The minimum Gasteiger partial charge on any atom is -0.481 e. The summed E-state index contributed by atoms with van der Waals surface area (Å²) >= 11 is 0.881. The number of nitrogens with two attached hydrogens (primary N) is 1. The molecule has 0 spiro atoms. The second-order valence-corrected chi connectivity index (χ2v) is 19.8. The first-order valence-corrected chi connectivity index (χ1v) is 23.8. The Labute approximate surface area is 358 Å². The summed E-state index contributed by atoms with van der Waals surface area (Å²) in [4.78, 5) is 99.4. The average Bonchev–Trinajstić information content (AvgIpc) is 3.71. The molecular formula is C32H50N7O19P3S. The van der Waals surface area contributed by atoms with Gasteiger partial charge in [0.25, 0.3) is 0 Å². The van der Waals surface area contributed by atoms with Gasteiger partial charge in [0.05, 0.1) is 26.0 Å². The molecule has 348 valence electrons. The fraction of sp³-hybridized carbons (Fsp3) is 0.594. The molecule has 11 N–H and O–H groups in total. The maximum absolute atomic E-state index is 12.7. The number of aromatic nitrogens is 4. The third-order valence-corrected chi connectivity index (χ3v) is 12.4. The van der Waals surface area contributed by atoms with Crippen molar-refractivity contribution in [2.45, 2.75) is 84.0 Å². The number of carboxylic acids is 1. The number of carbonyl (C=O) groups is 4. The molecule has 7 atom stereocenters. The average molecular weight is 962 g/mol. The predicted molar refractivity (Wildman–Crippen MR) is 216 cm³/mol. The van der Waals surface area contributed by atoms with Crippen LogP contribution in [0.5, 0.6) is 0 Å². The zero-order valence-corrected chi connectivity index (χ0v) is 37.2. The van der Waals surface area contributed by atoms with Gasteiger partial charge in [-0.05, 0) is 32.8 Å². The monoisotopic (exact) mass is 961 g/mol. The van der Waals surface area contributed by atoms with Crippen molar-refractivity contribution in [3.05, 3.63) is 36.0 Å². The first-order valence-electron chi connectivity index (χ1n) is 18.3. The van der Waals surface area contributed by atoms with Gasteiger partial charge in [0.2, 0.25) is 16.9 Å². The lowest BCUT2D eigenvalue weighted by molar-refractivity contribution is -0.137. The van der Waals surface area contributed by atoms with Crippen LogP contribution in [-0.2, 0) is 55.5 Å². The van der Waals surface area contributed by atoms with E-state index in [9.17, 15) is 62.7 Å². The normalized spacial score (nSPS) is 20.8. The number of ether oxygens (including phenoxy) is 1. The number of nitrogens with zero attached hydrogens (tertiary/aromatic N) is 4. The number of phosphoric ester groups is 3. The molecule has 1 aliphatic heterocycles. The highest BCUT2D eigenvalue weighted by Crippen LogP contribution is 2.61. The van der Waals surface area contributed by atoms with E-state index in [-0.39, 0.29) is 53.8 Å². The Morgan fingerprint density at radius 3 is 2.35 bits per heavy atom. The number of aliphatic hydroxyl groups is 2. The molecule has 2 aromatic heterocycles. The summed E-state index contributed by atoms with van der Waals surface area (Å²) in [6.45, 7) is 4.01. The van der Waals surface area contributed by atoms with Gasteiger partial charge in [0.15, 0.2) is 17.7 Å². The number of rotatable bonds is 25. The van der Waals surface area contributed by atoms with Crippen molar-refractivity contribution in [1.29, 1.82) is 0 Å². The Hall–Kier alpha value is -3.49. The summed E-state index contributed by atoms with van der Waals surface area (Å²) in [7, 11) is -16.5. The molecule has 1 aliphatic rings. The summed E-state index contributed by atoms with van der Waals surface area (Å²) in [5.74, 6) is -2.47. The number of thioether (sulfide) groups is 1. The van der Waals surface area contributed by atoms with Crippen LogP contribution in [0.1, 0.15) is 59.6 Å². The zero-order valence-electron chi connectivity index (χ0n) is 33.7. The highest BCUT2D eigenvalue weighted by atomic mass is 32.2. The van der Waals surface area contributed by atoms with Crippen LogP contribution in [0.2, 0.25) is 0 Å². The largest absolute Gasteiger partial charge is 0.481 e. The Balaban J connectivity index is 1.45. The van der Waals surface area contributed by atoms with E-state index in [0.717, 1.165) is 34.6 Å². The molecule has 1 fully saturated rings. The first-order chi connectivity index (χ1) is 28.7. The maximum Gasteiger partial charge on any atom is 0.481 e. The number of nitrogens with one attached hydrogen (secondary N) is 2. The molecule has 2 amide bonds. The minimum absolute atomic E-state index is 0.0191. The van der Waals surface area contributed by atoms with Gasteiger partial charge in [-0.1, -0.05) is 42.8 Å². The number of allylic oxidation sites excluding steroid dienone is 2. The molecule has 0 bridgehead atoms. The Morgan fingerprint density at radius 1 is 1.03 bits per heavy atom. The van der Waals surface area contributed by atoms with E-state index in [1.54, 1.807) is 0 Å². The third kappa shape index (κ3) is 17.2. The van der Waals surface area contributed by atoms with E-state index in [0.29, 0.717) is 18.4 Å². The summed E-state index contributed by atoms with van der Waals surface area (Å²) in [5.41, 5.74) is 5.73. The lowest BCUT2D eigenvalue weighted by Gasteiger charge is -2.30. The highest BCUT2D eigenvalue weighted by Gasteiger charge is 2.50. The fourth-order valence-electron chi connectivity index (χ4n) is 5.44. The SMILES string of the molecule is CC(C)=CCC/C(=C\C(=O)SCCNC(=O)CCNC(=O)C(O)C(C)(C)COP(=O)(O)OP(=O)(O)OC[C@H]1O[C@@H](n2cnc3c(N)ncnc32)[C@H](O)[C@@H]1OP(=O)(O)O)CC(=O)O. The molecule has 30 heteroatoms. The molecule has 3 rings (SSSR count). The van der Waals surface area contributed by atoms with Crippen LogP contribution in [0.4, 0.5) is 5.82 Å². The quantitative estimate of drug-likeness (QED) is 0.0285. The van der Waals surface area contributed by atoms with Crippen molar-refractivity contribution in [3.8, 4) is 0 Å². The van der Waals surface area contributed by atoms with Gasteiger partial charge in [-0.15, -0.1) is 0 Å². The Morgan fingerprint density at radius 2 is 1.71 bits per heavy atom. The first kappa shape index (κ1) is 52.9. The van der Waals surface area contributed by atoms with Crippen LogP contribution < -0.4 is 16.4 Å². The van der Waals surface area contributed by atoms with E-state index in [4.69, 9.17) is 24.6 Å². The molecule has 0 aromatic carbocycles. The van der Waals surface area contributed by atoms with Crippen molar-refractivity contribution >= 4 is 75.1 Å². The molecule has 3 unspecified atom stereocenters. The number of carbonyl (C=O) groups excluding carboxylic acids is 3. The van der Waals surface area contributed by atoms with E-state index < -0.39 is 90.5 Å². The lowest BCUT2D eigenvalue weighted by atomic mass is 9.87. The van der Waals surface area contributed by atoms with Crippen molar-refractivity contribution < 1.29 is 90.4 Å². The standard InChI is InChI=1S/C32H50N7O19P3S/c1-18(2)6-5-7-19(12-22(41)42)13-23(43)62-11-10-34-21(40)8-9-35-30(46)27(45)32(3,4)15-55-61(52,53)58-60(50,51)54-14-20-26(57-59(47,48)49)25(44)31(56-20)39-17-38-24-28(33)36-16-37-29(24)39/h6,13,16-17,20,25-27,31,44-45H,5,7-12,14-15H2,1-4H3,(H,34,40)(H,35,46)(H,41,42)(H,50,51)(H,52,53)(H2,33,36,37)(H2,47,48,49)/b19-13+/t20-,25-,26-,27?,31-/m1/s1. The molecule has 26 nitrogen and oxygen atoms in total. The molecule has 62 heavy (non-hydrogen) atoms. The maximum atomic E-state index is 12.7. The van der Waals surface area contributed by atoms with E-state index in [2.05, 4.69) is 34.4 Å². The molecule has 0 radical (unpaired) electrons. The van der Waals surface area contributed by atoms with Crippen molar-refractivity contribution in [1.82, 2.24) is 30.2 Å². The highest BCUT2D eigenvalue weighted by molar-refractivity contribution is 8.14. The van der Waals surface area contributed by atoms with Crippen molar-refractivity contribution in [2.75, 3.05) is 37.8 Å². The Kier molecular flexibility index (Phi) is 19.5. The number of anilines is 1. The van der Waals surface area contributed by atoms with Crippen molar-refractivity contribution in [3.63, 3.8) is 0 Å². The smallest absolute Gasteiger partial charge is 0.481 e. The predicted octanol–water partition coefficient (Wildman–Crippen LogP) is 0.812. The number of hydrogen-bond donors (Lipinski definition) is 10. The van der Waals surface area contributed by atoms with Crippen LogP contribution in [0, 0.1) is 5.41 Å². The van der Waals surface area contributed by atoms with Gasteiger partial charge in [-0.3, -0.25) is 37.3 Å². The number of phosphoric acid groups is 3. The molecular weight excluding hydrogens is 911 g/mol. The summed E-state index contributed by atoms with van der Waals surface area (Å²) in [5, 5.41) is 35.1. The number of imidazole rings is 1. The van der Waals surface area contributed by atoms with Crippen LogP contribution in [0.25, 0.3) is 11.2 Å². The van der Waals surface area contributed by atoms with Gasteiger partial charge in [0, 0.05) is 30.7 Å². The van der Waals surface area contributed by atoms with Crippen molar-refractivity contribution in [2.24, 2.45) is 5.41 Å². The minimum atomic E-state index is -5.60. The zero-order chi connectivity index (χ0) is 46.6. The number of nitrogen functional groups attached to an aromatic ring is 1. The van der Waals surface area contributed by atoms with Gasteiger partial charge in [0.1, 0.15) is 36.3 Å². The summed E-state index contributed by atoms with van der Waals surface area (Å²) in [6, 6.07) is 0. The van der Waals surface area contributed by atoms with Gasteiger partial charge in [-0.2, -0.15) is 4.31 Å². The number of amides is 2. The van der Waals surface area contributed by atoms with Crippen LogP contribution in [0.3, 0.4) is 0 Å². The second-order valence-electron chi connectivity index (χ2n) is 14.4. The number of carboxylic acid groups (broad SMARTS) is 1. The summed E-state index contributed by atoms with van der Waals surface area (Å²) < 4.78 is 62.2. The van der Waals surface area contributed by atoms with Gasteiger partial charge < -0.3 is 56.0 Å². The number of fused-ring (bicyclic) bond motifs is 1. The summed E-state index contributed by atoms with van der Waals surface area (Å²) in [6.07, 6.45) is -3.18. The Bertz CT molecular complexity index is 2130. The fourth-order valence-corrected chi connectivity index (χ4v) is 8.93. The van der Waals surface area contributed by atoms with Crippen LogP contribution in [-0.4, -0.2) is 134 Å². The van der Waals surface area contributed by atoms with Crippen LogP contribution >= 0.6 is 35.2 Å².